The predicted molar refractivity (Wildman–Crippen MR) is 48.4 cm³/mol. The van der Waals surface area contributed by atoms with Gasteiger partial charge in [0.05, 0.1) is 13.2 Å². The molecule has 0 bridgehead atoms. The van der Waals surface area contributed by atoms with Gasteiger partial charge in [-0.25, -0.2) is 0 Å². The summed E-state index contributed by atoms with van der Waals surface area (Å²) >= 11 is 0. The van der Waals surface area contributed by atoms with Crippen LogP contribution in [0, 0.1) is 0 Å². The zero-order valence-electron chi connectivity index (χ0n) is 7.69. The van der Waals surface area contributed by atoms with Crippen molar-refractivity contribution in [2.45, 2.75) is 19.4 Å². The Morgan fingerprint density at radius 2 is 2.31 bits per heavy atom. The molecule has 0 aliphatic carbocycles. The molecule has 0 fully saturated rings. The summed E-state index contributed by atoms with van der Waals surface area (Å²) in [5.74, 6) is 0.875. The molecule has 1 aromatic rings. The van der Waals surface area contributed by atoms with Gasteiger partial charge in [-0.05, 0) is 6.92 Å². The Morgan fingerprint density at radius 1 is 1.62 bits per heavy atom. The molecule has 0 aliphatic rings. The highest BCUT2D eigenvalue weighted by Gasteiger charge is 2.08. The van der Waals surface area contributed by atoms with E-state index >= 15 is 0 Å². The third-order valence-electron chi connectivity index (χ3n) is 1.56. The molecule has 0 amide bonds. The van der Waals surface area contributed by atoms with E-state index in [1.807, 2.05) is 0 Å². The van der Waals surface area contributed by atoms with Gasteiger partial charge in [-0.15, -0.1) is 10.2 Å². The summed E-state index contributed by atoms with van der Waals surface area (Å²) in [6.07, 6.45) is -0.0528. The molecule has 1 unspecified atom stereocenters. The van der Waals surface area contributed by atoms with Gasteiger partial charge < -0.3 is 15.6 Å². The standard InChI is InChI=1S/C8H13N3O2/c1-5(12)3-6-7(13-2)4-8(9)11-10-6/h4-5,12H,3H2,1-2H3,(H2,9,11). The summed E-state index contributed by atoms with van der Waals surface area (Å²) < 4.78 is 5.03. The van der Waals surface area contributed by atoms with E-state index in [0.717, 1.165) is 0 Å². The second-order valence-electron chi connectivity index (χ2n) is 2.84. The highest BCUT2D eigenvalue weighted by molar-refractivity contribution is 5.38. The number of methoxy groups -OCH3 is 1. The number of aromatic nitrogens is 2. The lowest BCUT2D eigenvalue weighted by Crippen LogP contribution is -2.09. The third-order valence-corrected chi connectivity index (χ3v) is 1.56. The molecule has 1 heterocycles. The molecule has 5 nitrogen and oxygen atoms in total. The smallest absolute Gasteiger partial charge is 0.149 e. The molecule has 13 heavy (non-hydrogen) atoms. The van der Waals surface area contributed by atoms with Crippen LogP contribution >= 0.6 is 0 Å². The molecule has 0 spiro atoms. The van der Waals surface area contributed by atoms with Gasteiger partial charge in [-0.1, -0.05) is 0 Å². The van der Waals surface area contributed by atoms with Crippen molar-refractivity contribution in [2.75, 3.05) is 12.8 Å². The fourth-order valence-electron chi connectivity index (χ4n) is 1.01. The highest BCUT2D eigenvalue weighted by atomic mass is 16.5. The molecule has 1 atom stereocenters. The molecule has 1 aromatic heterocycles. The fourth-order valence-corrected chi connectivity index (χ4v) is 1.01. The van der Waals surface area contributed by atoms with E-state index < -0.39 is 6.10 Å². The zero-order chi connectivity index (χ0) is 9.84. The van der Waals surface area contributed by atoms with Gasteiger partial charge in [-0.3, -0.25) is 0 Å². The first-order chi connectivity index (χ1) is 6.13. The van der Waals surface area contributed by atoms with E-state index in [1.54, 1.807) is 13.0 Å². The van der Waals surface area contributed by atoms with Crippen LogP contribution < -0.4 is 10.5 Å². The topological polar surface area (TPSA) is 81.3 Å². The number of rotatable bonds is 3. The van der Waals surface area contributed by atoms with E-state index in [-0.39, 0.29) is 0 Å². The lowest BCUT2D eigenvalue weighted by molar-refractivity contribution is 0.192. The molecule has 0 aliphatic heterocycles. The van der Waals surface area contributed by atoms with Crippen molar-refractivity contribution < 1.29 is 9.84 Å². The normalized spacial score (nSPS) is 12.5. The average Bonchev–Trinajstić information content (AvgIpc) is 2.07. The molecule has 0 aromatic carbocycles. The number of aliphatic hydroxyl groups excluding tert-OH is 1. The van der Waals surface area contributed by atoms with Crippen LogP contribution in [-0.4, -0.2) is 28.5 Å². The minimum Gasteiger partial charge on any atom is -0.495 e. The Kier molecular flexibility index (Phi) is 3.02. The Morgan fingerprint density at radius 3 is 2.85 bits per heavy atom. The Balaban J connectivity index is 2.92. The molecule has 0 radical (unpaired) electrons. The summed E-state index contributed by atoms with van der Waals surface area (Å²) in [5.41, 5.74) is 6.04. The number of nitrogen functional groups attached to an aromatic ring is 1. The van der Waals surface area contributed by atoms with Gasteiger partial charge in [0.2, 0.25) is 0 Å². The van der Waals surface area contributed by atoms with Gasteiger partial charge in [-0.2, -0.15) is 0 Å². The van der Waals surface area contributed by atoms with Crippen molar-refractivity contribution in [3.05, 3.63) is 11.8 Å². The van der Waals surface area contributed by atoms with Crippen LogP contribution in [0.4, 0.5) is 5.82 Å². The third kappa shape index (κ3) is 2.55. The molecule has 5 heteroatoms. The largest absolute Gasteiger partial charge is 0.495 e. The fraction of sp³-hybridized carbons (Fsp3) is 0.500. The van der Waals surface area contributed by atoms with E-state index in [9.17, 15) is 0 Å². The first kappa shape index (κ1) is 9.73. The minimum atomic E-state index is -0.466. The van der Waals surface area contributed by atoms with E-state index in [1.165, 1.54) is 7.11 Å². The number of nitrogens with zero attached hydrogens (tertiary/aromatic N) is 2. The monoisotopic (exact) mass is 183 g/mol. The molecule has 0 saturated carbocycles. The maximum absolute atomic E-state index is 9.14. The van der Waals surface area contributed by atoms with E-state index in [0.29, 0.717) is 23.7 Å². The summed E-state index contributed by atoms with van der Waals surface area (Å²) in [5, 5.41) is 16.6. The van der Waals surface area contributed by atoms with Crippen molar-refractivity contribution in [2.24, 2.45) is 0 Å². The Labute approximate surface area is 76.5 Å². The van der Waals surface area contributed by atoms with Crippen molar-refractivity contribution in [1.82, 2.24) is 10.2 Å². The second kappa shape index (κ2) is 4.04. The van der Waals surface area contributed by atoms with Crippen LogP contribution in [0.5, 0.6) is 5.75 Å². The Hall–Kier alpha value is -1.36. The summed E-state index contributed by atoms with van der Waals surface area (Å²) in [6, 6.07) is 1.59. The van der Waals surface area contributed by atoms with Crippen LogP contribution in [0.25, 0.3) is 0 Å². The predicted octanol–water partition coefficient (Wildman–Crippen LogP) is -0.00930. The van der Waals surface area contributed by atoms with Crippen LogP contribution in [0.2, 0.25) is 0 Å². The number of nitrogens with two attached hydrogens (primary N) is 1. The lowest BCUT2D eigenvalue weighted by atomic mass is 10.2. The van der Waals surface area contributed by atoms with Crippen LogP contribution in [0.1, 0.15) is 12.6 Å². The number of aliphatic hydroxyl groups is 1. The van der Waals surface area contributed by atoms with Gasteiger partial charge in [0.25, 0.3) is 0 Å². The Bertz CT molecular complexity index is 289. The lowest BCUT2D eigenvalue weighted by Gasteiger charge is -2.08. The molecule has 0 saturated heterocycles. The summed E-state index contributed by atoms with van der Waals surface area (Å²) in [4.78, 5) is 0. The van der Waals surface area contributed by atoms with Gasteiger partial charge in [0.1, 0.15) is 17.3 Å². The SMILES string of the molecule is COc1cc(N)nnc1CC(C)O. The van der Waals surface area contributed by atoms with Crippen molar-refractivity contribution in [1.29, 1.82) is 0 Å². The van der Waals surface area contributed by atoms with E-state index in [2.05, 4.69) is 10.2 Å². The van der Waals surface area contributed by atoms with Crippen molar-refractivity contribution >= 4 is 5.82 Å². The summed E-state index contributed by atoms with van der Waals surface area (Å²) in [6.45, 7) is 1.68. The number of hydrogen-bond donors (Lipinski definition) is 2. The van der Waals surface area contributed by atoms with Crippen molar-refractivity contribution in [3.63, 3.8) is 0 Å². The molecular weight excluding hydrogens is 170 g/mol. The maximum atomic E-state index is 9.14. The second-order valence-corrected chi connectivity index (χ2v) is 2.84. The molecule has 1 rings (SSSR count). The number of anilines is 1. The van der Waals surface area contributed by atoms with Crippen LogP contribution in [0.3, 0.4) is 0 Å². The maximum Gasteiger partial charge on any atom is 0.149 e. The molecule has 3 N–H and O–H groups in total. The van der Waals surface area contributed by atoms with Crippen molar-refractivity contribution in [3.8, 4) is 5.75 Å². The average molecular weight is 183 g/mol. The number of ether oxygens (including phenoxy) is 1. The number of hydrogen-bond acceptors (Lipinski definition) is 5. The van der Waals surface area contributed by atoms with Gasteiger partial charge >= 0.3 is 0 Å². The highest BCUT2D eigenvalue weighted by Crippen LogP contribution is 2.18. The van der Waals surface area contributed by atoms with Gasteiger partial charge in [0.15, 0.2) is 0 Å². The first-order valence-corrected chi connectivity index (χ1v) is 3.97. The summed E-state index contributed by atoms with van der Waals surface area (Å²) in [7, 11) is 1.53. The quantitative estimate of drug-likeness (QED) is 0.688. The van der Waals surface area contributed by atoms with Gasteiger partial charge in [0, 0.05) is 12.5 Å². The van der Waals surface area contributed by atoms with Crippen LogP contribution in [-0.2, 0) is 6.42 Å². The van der Waals surface area contributed by atoms with Crippen LogP contribution in [0.15, 0.2) is 6.07 Å². The molecule has 72 valence electrons. The molecular formula is C8H13N3O2. The zero-order valence-corrected chi connectivity index (χ0v) is 7.69. The first-order valence-electron chi connectivity index (χ1n) is 3.97. The van der Waals surface area contributed by atoms with E-state index in [4.69, 9.17) is 15.6 Å². The minimum absolute atomic E-state index is 0.311.